The molecule has 132 valence electrons. The van der Waals surface area contributed by atoms with Gasteiger partial charge in [0.05, 0.1) is 13.2 Å². The van der Waals surface area contributed by atoms with Gasteiger partial charge < -0.3 is 10.1 Å². The Morgan fingerprint density at radius 1 is 1.12 bits per heavy atom. The second kappa shape index (κ2) is 8.49. The number of amides is 1. The molecule has 2 fully saturated rings. The Labute approximate surface area is 145 Å². The first kappa shape index (κ1) is 17.2. The molecule has 1 saturated carbocycles. The molecule has 1 amide bonds. The summed E-state index contributed by atoms with van der Waals surface area (Å²) in [6.45, 7) is 9.05. The number of nitrogens with one attached hydrogen (secondary N) is 1. The van der Waals surface area contributed by atoms with Gasteiger partial charge in [-0.2, -0.15) is 0 Å². The molecule has 1 aromatic carbocycles. The van der Waals surface area contributed by atoms with Gasteiger partial charge in [-0.3, -0.25) is 14.6 Å². The minimum atomic E-state index is 0.182. The van der Waals surface area contributed by atoms with Crippen LogP contribution < -0.4 is 10.1 Å². The summed E-state index contributed by atoms with van der Waals surface area (Å²) in [5.74, 6) is 1.87. The Bertz CT molecular complexity index is 520. The zero-order chi connectivity index (χ0) is 16.8. The van der Waals surface area contributed by atoms with Crippen molar-refractivity contribution in [3.8, 4) is 5.75 Å². The fourth-order valence-corrected chi connectivity index (χ4v) is 3.06. The molecule has 0 bridgehead atoms. The van der Waals surface area contributed by atoms with Crippen LogP contribution >= 0.6 is 0 Å². The monoisotopic (exact) mass is 331 g/mol. The van der Waals surface area contributed by atoms with Crippen LogP contribution in [0.3, 0.4) is 0 Å². The molecule has 1 aliphatic carbocycles. The molecule has 1 heterocycles. The van der Waals surface area contributed by atoms with E-state index in [0.29, 0.717) is 13.2 Å². The molecule has 1 aromatic rings. The van der Waals surface area contributed by atoms with Crippen LogP contribution in [0.25, 0.3) is 0 Å². The molecule has 0 radical (unpaired) electrons. The van der Waals surface area contributed by atoms with E-state index < -0.39 is 0 Å². The first-order chi connectivity index (χ1) is 11.7. The van der Waals surface area contributed by atoms with E-state index in [1.807, 2.05) is 19.1 Å². The quantitative estimate of drug-likeness (QED) is 0.788. The van der Waals surface area contributed by atoms with Gasteiger partial charge >= 0.3 is 0 Å². The zero-order valence-electron chi connectivity index (χ0n) is 14.7. The van der Waals surface area contributed by atoms with Gasteiger partial charge in [-0.15, -0.1) is 0 Å². The molecule has 0 spiro atoms. The number of hydrogen-bond donors (Lipinski definition) is 1. The molecule has 0 aromatic heterocycles. The van der Waals surface area contributed by atoms with Gasteiger partial charge in [-0.25, -0.2) is 0 Å². The van der Waals surface area contributed by atoms with E-state index in [-0.39, 0.29) is 5.91 Å². The maximum Gasteiger partial charge on any atom is 0.234 e. The maximum absolute atomic E-state index is 11.9. The molecule has 1 saturated heterocycles. The van der Waals surface area contributed by atoms with E-state index in [1.54, 1.807) is 0 Å². The lowest BCUT2D eigenvalue weighted by molar-refractivity contribution is -0.122. The highest BCUT2D eigenvalue weighted by Gasteiger charge is 2.23. The molecular formula is C19H29N3O2. The summed E-state index contributed by atoms with van der Waals surface area (Å²) < 4.78 is 5.48. The minimum absolute atomic E-state index is 0.182. The highest BCUT2D eigenvalue weighted by atomic mass is 16.5. The minimum Gasteiger partial charge on any atom is -0.494 e. The molecule has 24 heavy (non-hydrogen) atoms. The molecule has 3 rings (SSSR count). The van der Waals surface area contributed by atoms with Crippen molar-refractivity contribution >= 4 is 5.91 Å². The molecule has 2 aliphatic rings. The van der Waals surface area contributed by atoms with E-state index >= 15 is 0 Å². The third-order valence-electron chi connectivity index (χ3n) is 4.76. The van der Waals surface area contributed by atoms with Crippen LogP contribution in [0.1, 0.15) is 25.3 Å². The number of piperazine rings is 1. The Morgan fingerprint density at radius 3 is 2.42 bits per heavy atom. The van der Waals surface area contributed by atoms with Crippen LogP contribution in [-0.4, -0.2) is 61.6 Å². The second-order valence-corrected chi connectivity index (χ2v) is 6.88. The van der Waals surface area contributed by atoms with E-state index in [4.69, 9.17) is 4.74 Å². The predicted octanol–water partition coefficient (Wildman–Crippen LogP) is 1.73. The lowest BCUT2D eigenvalue weighted by Crippen LogP contribution is -2.49. The van der Waals surface area contributed by atoms with Crippen molar-refractivity contribution in [2.24, 2.45) is 5.92 Å². The van der Waals surface area contributed by atoms with Crippen LogP contribution in [0.2, 0.25) is 0 Å². The maximum atomic E-state index is 11.9. The SMILES string of the molecule is CCOc1ccc(CN2CCN(CC(=O)NCC3CC3)CC2)cc1. The fraction of sp³-hybridized carbons (Fsp3) is 0.632. The zero-order valence-corrected chi connectivity index (χ0v) is 14.7. The smallest absolute Gasteiger partial charge is 0.234 e. The first-order valence-electron chi connectivity index (χ1n) is 9.16. The summed E-state index contributed by atoms with van der Waals surface area (Å²) in [6.07, 6.45) is 2.56. The van der Waals surface area contributed by atoms with Gasteiger partial charge in [0.25, 0.3) is 0 Å². The van der Waals surface area contributed by atoms with Gasteiger partial charge in [0.1, 0.15) is 5.75 Å². The van der Waals surface area contributed by atoms with E-state index in [9.17, 15) is 4.79 Å². The lowest BCUT2D eigenvalue weighted by Gasteiger charge is -2.34. The van der Waals surface area contributed by atoms with E-state index in [2.05, 4.69) is 27.2 Å². The Hall–Kier alpha value is -1.59. The number of rotatable bonds is 8. The molecular weight excluding hydrogens is 302 g/mol. The lowest BCUT2D eigenvalue weighted by atomic mass is 10.2. The number of ether oxygens (including phenoxy) is 1. The van der Waals surface area contributed by atoms with Crippen LogP contribution in [0.4, 0.5) is 0 Å². The Morgan fingerprint density at radius 2 is 1.79 bits per heavy atom. The Kier molecular flexibility index (Phi) is 6.10. The Balaban J connectivity index is 1.35. The van der Waals surface area contributed by atoms with Crippen LogP contribution in [0, 0.1) is 5.92 Å². The average Bonchev–Trinajstić information content (AvgIpc) is 3.41. The largest absolute Gasteiger partial charge is 0.494 e. The van der Waals surface area contributed by atoms with E-state index in [0.717, 1.165) is 50.9 Å². The first-order valence-corrected chi connectivity index (χ1v) is 9.16. The van der Waals surface area contributed by atoms with Crippen molar-refractivity contribution in [3.63, 3.8) is 0 Å². The molecule has 0 unspecified atom stereocenters. The van der Waals surface area contributed by atoms with Crippen molar-refractivity contribution in [2.75, 3.05) is 45.9 Å². The second-order valence-electron chi connectivity index (χ2n) is 6.88. The average molecular weight is 331 g/mol. The molecule has 0 atom stereocenters. The molecule has 5 heteroatoms. The van der Waals surface area contributed by atoms with Crippen molar-refractivity contribution in [2.45, 2.75) is 26.3 Å². The fourth-order valence-electron chi connectivity index (χ4n) is 3.06. The normalized spacial score (nSPS) is 19.2. The summed E-state index contributed by atoms with van der Waals surface area (Å²) in [5.41, 5.74) is 1.31. The summed E-state index contributed by atoms with van der Waals surface area (Å²) in [4.78, 5) is 16.6. The highest BCUT2D eigenvalue weighted by molar-refractivity contribution is 5.78. The number of benzene rings is 1. The number of carbonyl (C=O) groups excluding carboxylic acids is 1. The molecule has 1 N–H and O–H groups in total. The van der Waals surface area contributed by atoms with Crippen molar-refractivity contribution < 1.29 is 9.53 Å². The van der Waals surface area contributed by atoms with Crippen molar-refractivity contribution in [3.05, 3.63) is 29.8 Å². The summed E-state index contributed by atoms with van der Waals surface area (Å²) in [7, 11) is 0. The third kappa shape index (κ3) is 5.49. The van der Waals surface area contributed by atoms with Gasteiger partial charge in [0.2, 0.25) is 5.91 Å². The summed E-state index contributed by atoms with van der Waals surface area (Å²) in [5, 5.41) is 3.05. The van der Waals surface area contributed by atoms with Gasteiger partial charge in [-0.1, -0.05) is 12.1 Å². The van der Waals surface area contributed by atoms with Crippen molar-refractivity contribution in [1.82, 2.24) is 15.1 Å². The summed E-state index contributed by atoms with van der Waals surface area (Å²) >= 11 is 0. The third-order valence-corrected chi connectivity index (χ3v) is 4.76. The van der Waals surface area contributed by atoms with Crippen LogP contribution in [0.15, 0.2) is 24.3 Å². The molecule has 1 aliphatic heterocycles. The van der Waals surface area contributed by atoms with Crippen molar-refractivity contribution in [1.29, 1.82) is 0 Å². The van der Waals surface area contributed by atoms with Crippen LogP contribution in [0.5, 0.6) is 5.75 Å². The number of hydrogen-bond acceptors (Lipinski definition) is 4. The van der Waals surface area contributed by atoms with Gasteiger partial charge in [0.15, 0.2) is 0 Å². The van der Waals surface area contributed by atoms with Gasteiger partial charge in [-0.05, 0) is 43.4 Å². The van der Waals surface area contributed by atoms with E-state index in [1.165, 1.54) is 18.4 Å². The highest BCUT2D eigenvalue weighted by Crippen LogP contribution is 2.27. The standard InChI is InChI=1S/C19H29N3O2/c1-2-24-18-7-5-17(6-8-18)14-21-9-11-22(12-10-21)15-19(23)20-13-16-3-4-16/h5-8,16H,2-4,9-15H2,1H3,(H,20,23). The van der Waals surface area contributed by atoms with Crippen LogP contribution in [-0.2, 0) is 11.3 Å². The molecule has 5 nitrogen and oxygen atoms in total. The predicted molar refractivity (Wildman–Crippen MR) is 95.1 cm³/mol. The summed E-state index contributed by atoms with van der Waals surface area (Å²) in [6, 6.07) is 8.37. The topological polar surface area (TPSA) is 44.8 Å². The van der Waals surface area contributed by atoms with Gasteiger partial charge in [0, 0.05) is 39.3 Å². The number of nitrogens with zero attached hydrogens (tertiary/aromatic N) is 2. The number of carbonyl (C=O) groups is 1.